The van der Waals surface area contributed by atoms with Crippen molar-refractivity contribution in [2.75, 3.05) is 19.8 Å². The molecule has 100 valence electrons. The molecule has 4 heteroatoms. The van der Waals surface area contributed by atoms with Crippen LogP contribution in [0.2, 0.25) is 5.02 Å². The van der Waals surface area contributed by atoms with Crippen LogP contribution >= 0.6 is 11.6 Å². The molecule has 0 aromatic heterocycles. The second kappa shape index (κ2) is 6.98. The first-order valence-electron chi connectivity index (χ1n) is 6.44. The molecule has 1 aliphatic rings. The minimum absolute atomic E-state index is 0.114. The Bertz CT molecular complexity index is 375. The highest BCUT2D eigenvalue weighted by atomic mass is 35.5. The highest BCUT2D eigenvalue weighted by Gasteiger charge is 2.13. The minimum Gasteiger partial charge on any atom is -0.493 e. The number of ether oxygens (including phenoxy) is 3. The topological polar surface area (TPSA) is 27.7 Å². The molecule has 1 aromatic rings. The lowest BCUT2D eigenvalue weighted by Gasteiger charge is -2.23. The lowest BCUT2D eigenvalue weighted by atomic mass is 10.1. The van der Waals surface area contributed by atoms with Gasteiger partial charge in [-0.1, -0.05) is 18.5 Å². The molecule has 0 radical (unpaired) electrons. The van der Waals surface area contributed by atoms with Crippen LogP contribution in [-0.2, 0) is 15.9 Å². The van der Waals surface area contributed by atoms with Crippen LogP contribution in [0.3, 0.4) is 0 Å². The van der Waals surface area contributed by atoms with Gasteiger partial charge in [0.2, 0.25) is 0 Å². The Labute approximate surface area is 113 Å². The number of benzene rings is 1. The summed E-state index contributed by atoms with van der Waals surface area (Å²) in [7, 11) is 0. The highest BCUT2D eigenvalue weighted by Crippen LogP contribution is 2.22. The van der Waals surface area contributed by atoms with E-state index in [9.17, 15) is 0 Å². The lowest BCUT2D eigenvalue weighted by Crippen LogP contribution is -2.26. The molecular weight excluding hydrogens is 252 g/mol. The fourth-order valence-corrected chi connectivity index (χ4v) is 2.14. The molecule has 0 unspecified atom stereocenters. The average molecular weight is 271 g/mol. The Hall–Kier alpha value is -0.770. The van der Waals surface area contributed by atoms with Crippen LogP contribution in [0.15, 0.2) is 18.2 Å². The van der Waals surface area contributed by atoms with Gasteiger partial charge in [0.1, 0.15) is 5.75 Å². The van der Waals surface area contributed by atoms with Crippen LogP contribution in [0.1, 0.15) is 25.3 Å². The summed E-state index contributed by atoms with van der Waals surface area (Å²) >= 11 is 6.06. The monoisotopic (exact) mass is 270 g/mol. The summed E-state index contributed by atoms with van der Waals surface area (Å²) in [4.78, 5) is 0. The molecule has 1 aliphatic heterocycles. The van der Waals surface area contributed by atoms with E-state index in [1.54, 1.807) is 0 Å². The van der Waals surface area contributed by atoms with Crippen molar-refractivity contribution in [1.29, 1.82) is 0 Å². The van der Waals surface area contributed by atoms with Crippen molar-refractivity contribution in [3.63, 3.8) is 0 Å². The van der Waals surface area contributed by atoms with Crippen LogP contribution < -0.4 is 4.74 Å². The van der Waals surface area contributed by atoms with Gasteiger partial charge < -0.3 is 14.2 Å². The quantitative estimate of drug-likeness (QED) is 0.820. The Morgan fingerprint density at radius 1 is 1.33 bits per heavy atom. The SMILES string of the molecule is CCc1cc(OCCC2OCCCO2)ccc1Cl. The van der Waals surface area contributed by atoms with Gasteiger partial charge in [-0.3, -0.25) is 0 Å². The van der Waals surface area contributed by atoms with E-state index in [0.29, 0.717) is 6.61 Å². The van der Waals surface area contributed by atoms with Gasteiger partial charge in [0.15, 0.2) is 6.29 Å². The van der Waals surface area contributed by atoms with E-state index in [1.165, 1.54) is 0 Å². The molecule has 1 heterocycles. The maximum Gasteiger partial charge on any atom is 0.160 e. The minimum atomic E-state index is -0.114. The smallest absolute Gasteiger partial charge is 0.160 e. The summed E-state index contributed by atoms with van der Waals surface area (Å²) in [6, 6.07) is 5.76. The molecule has 0 N–H and O–H groups in total. The lowest BCUT2D eigenvalue weighted by molar-refractivity contribution is -0.183. The van der Waals surface area contributed by atoms with Crippen molar-refractivity contribution in [3.05, 3.63) is 28.8 Å². The zero-order valence-electron chi connectivity index (χ0n) is 10.7. The van der Waals surface area contributed by atoms with Crippen LogP contribution in [0.25, 0.3) is 0 Å². The first kappa shape index (κ1) is 13.7. The fourth-order valence-electron chi connectivity index (χ4n) is 1.89. The molecule has 0 bridgehead atoms. The molecule has 1 fully saturated rings. The Morgan fingerprint density at radius 3 is 2.83 bits per heavy atom. The molecule has 0 amide bonds. The molecule has 3 nitrogen and oxygen atoms in total. The number of rotatable bonds is 5. The zero-order chi connectivity index (χ0) is 12.8. The van der Waals surface area contributed by atoms with E-state index < -0.39 is 0 Å². The second-order valence-corrected chi connectivity index (χ2v) is 4.68. The molecule has 1 saturated heterocycles. The molecular formula is C14H19ClO3. The molecule has 1 aromatic carbocycles. The van der Waals surface area contributed by atoms with E-state index in [4.69, 9.17) is 25.8 Å². The molecule has 0 aliphatic carbocycles. The largest absolute Gasteiger partial charge is 0.493 e. The Kier molecular flexibility index (Phi) is 5.29. The second-order valence-electron chi connectivity index (χ2n) is 4.27. The standard InChI is InChI=1S/C14H19ClO3/c1-2-11-10-12(4-5-13(11)15)16-9-6-14-17-7-3-8-18-14/h4-5,10,14H,2-3,6-9H2,1H3. The molecule has 0 atom stereocenters. The fraction of sp³-hybridized carbons (Fsp3) is 0.571. The summed E-state index contributed by atoms with van der Waals surface area (Å²) in [6.45, 7) is 4.24. The van der Waals surface area contributed by atoms with Gasteiger partial charge in [0, 0.05) is 11.4 Å². The van der Waals surface area contributed by atoms with Gasteiger partial charge in [-0.05, 0) is 36.6 Å². The van der Waals surface area contributed by atoms with Crippen LogP contribution in [0.4, 0.5) is 0 Å². The van der Waals surface area contributed by atoms with E-state index in [1.807, 2.05) is 18.2 Å². The van der Waals surface area contributed by atoms with Crippen molar-refractivity contribution >= 4 is 11.6 Å². The van der Waals surface area contributed by atoms with Gasteiger partial charge in [0.05, 0.1) is 19.8 Å². The predicted molar refractivity (Wildman–Crippen MR) is 71.3 cm³/mol. The predicted octanol–water partition coefficient (Wildman–Crippen LogP) is 3.43. The summed E-state index contributed by atoms with van der Waals surface area (Å²) in [5, 5.41) is 0.795. The first-order valence-corrected chi connectivity index (χ1v) is 6.82. The normalized spacial score (nSPS) is 16.8. The summed E-state index contributed by atoms with van der Waals surface area (Å²) in [5.74, 6) is 0.854. The third kappa shape index (κ3) is 3.87. The zero-order valence-corrected chi connectivity index (χ0v) is 11.4. The number of aryl methyl sites for hydroxylation is 1. The van der Waals surface area contributed by atoms with Crippen molar-refractivity contribution in [1.82, 2.24) is 0 Å². The van der Waals surface area contributed by atoms with Gasteiger partial charge in [-0.2, -0.15) is 0 Å². The van der Waals surface area contributed by atoms with Crippen LogP contribution in [0.5, 0.6) is 5.75 Å². The maximum absolute atomic E-state index is 6.06. The van der Waals surface area contributed by atoms with E-state index in [0.717, 1.165) is 48.8 Å². The van der Waals surface area contributed by atoms with Crippen molar-refractivity contribution in [2.24, 2.45) is 0 Å². The molecule has 0 saturated carbocycles. The third-order valence-electron chi connectivity index (χ3n) is 2.92. The van der Waals surface area contributed by atoms with Gasteiger partial charge >= 0.3 is 0 Å². The van der Waals surface area contributed by atoms with Crippen molar-refractivity contribution in [2.45, 2.75) is 32.5 Å². The summed E-state index contributed by atoms with van der Waals surface area (Å²) < 4.78 is 16.6. The van der Waals surface area contributed by atoms with Crippen LogP contribution in [0, 0.1) is 0 Å². The average Bonchev–Trinajstić information content (AvgIpc) is 2.42. The molecule has 18 heavy (non-hydrogen) atoms. The first-order chi connectivity index (χ1) is 8.79. The van der Waals surface area contributed by atoms with Crippen LogP contribution in [-0.4, -0.2) is 26.1 Å². The Balaban J connectivity index is 1.79. The third-order valence-corrected chi connectivity index (χ3v) is 3.29. The number of hydrogen-bond donors (Lipinski definition) is 0. The number of hydrogen-bond acceptors (Lipinski definition) is 3. The maximum atomic E-state index is 6.06. The molecule has 2 rings (SSSR count). The van der Waals surface area contributed by atoms with Gasteiger partial charge in [0.25, 0.3) is 0 Å². The number of halogens is 1. The molecule has 0 spiro atoms. The Morgan fingerprint density at radius 2 is 2.11 bits per heavy atom. The summed E-state index contributed by atoms with van der Waals surface area (Å²) in [6.07, 6.45) is 2.53. The van der Waals surface area contributed by atoms with Crippen molar-refractivity contribution in [3.8, 4) is 5.75 Å². The van der Waals surface area contributed by atoms with Gasteiger partial charge in [-0.25, -0.2) is 0 Å². The van der Waals surface area contributed by atoms with E-state index in [-0.39, 0.29) is 6.29 Å². The van der Waals surface area contributed by atoms with E-state index >= 15 is 0 Å². The highest BCUT2D eigenvalue weighted by molar-refractivity contribution is 6.31. The summed E-state index contributed by atoms with van der Waals surface area (Å²) in [5.41, 5.74) is 1.11. The van der Waals surface area contributed by atoms with E-state index in [2.05, 4.69) is 6.92 Å². The van der Waals surface area contributed by atoms with Crippen molar-refractivity contribution < 1.29 is 14.2 Å². The van der Waals surface area contributed by atoms with Gasteiger partial charge in [-0.15, -0.1) is 0 Å².